The van der Waals surface area contributed by atoms with Crippen LogP contribution < -0.4 is 0 Å². The van der Waals surface area contributed by atoms with Crippen molar-refractivity contribution in [2.45, 2.75) is 38.0 Å². The zero-order chi connectivity index (χ0) is 17.7. The molecule has 130 valence electrons. The first-order valence-electron chi connectivity index (χ1n) is 7.91. The number of likely N-dealkylation sites (tertiary alicyclic amines) is 1. The number of carbonyl (C=O) groups is 1. The van der Waals surface area contributed by atoms with E-state index in [1.807, 2.05) is 4.90 Å². The van der Waals surface area contributed by atoms with Gasteiger partial charge in [-0.05, 0) is 37.1 Å². The maximum absolute atomic E-state index is 12.6. The predicted molar refractivity (Wildman–Crippen MR) is 86.0 cm³/mol. The van der Waals surface area contributed by atoms with Crippen molar-refractivity contribution in [2.24, 2.45) is 0 Å². The van der Waals surface area contributed by atoms with Gasteiger partial charge in [-0.1, -0.05) is 24.5 Å². The molecule has 0 radical (unpaired) electrons. The van der Waals surface area contributed by atoms with E-state index in [-0.39, 0.29) is 18.5 Å². The summed E-state index contributed by atoms with van der Waals surface area (Å²) in [5.74, 6) is 2.54. The molecule has 0 saturated carbocycles. The van der Waals surface area contributed by atoms with E-state index in [1.165, 1.54) is 12.1 Å². The topological polar surface area (TPSA) is 23.6 Å². The quantitative estimate of drug-likeness (QED) is 0.788. The summed E-state index contributed by atoms with van der Waals surface area (Å²) in [6.07, 6.45) is 3.77. The van der Waals surface area contributed by atoms with Crippen molar-refractivity contribution < 1.29 is 18.0 Å². The Kier molecular flexibility index (Phi) is 5.89. The van der Waals surface area contributed by atoms with Crippen LogP contribution in [-0.2, 0) is 17.5 Å². The molecule has 3 nitrogen and oxygen atoms in total. The number of amides is 1. The van der Waals surface area contributed by atoms with Gasteiger partial charge in [0.2, 0.25) is 5.91 Å². The third-order valence-corrected chi connectivity index (χ3v) is 4.27. The standard InChI is InChI=1S/C18H21F3N2O/c1-3-11-23-12-5-4-6-16(23)17(24)22(2)13-14-7-9-15(10-8-14)18(19,20)21/h1,7-10,16H,4-6,11-13H2,2H3. The van der Waals surface area contributed by atoms with E-state index in [1.54, 1.807) is 11.9 Å². The van der Waals surface area contributed by atoms with Crippen LogP contribution in [-0.4, -0.2) is 41.9 Å². The van der Waals surface area contributed by atoms with Crippen LogP contribution in [0.3, 0.4) is 0 Å². The molecular weight excluding hydrogens is 317 g/mol. The summed E-state index contributed by atoms with van der Waals surface area (Å²) in [6.45, 7) is 1.51. The average Bonchev–Trinajstić information content (AvgIpc) is 2.54. The van der Waals surface area contributed by atoms with Gasteiger partial charge in [0.15, 0.2) is 0 Å². The van der Waals surface area contributed by atoms with Crippen LogP contribution in [0, 0.1) is 12.3 Å². The van der Waals surface area contributed by atoms with E-state index < -0.39 is 11.7 Å². The molecule has 0 N–H and O–H groups in total. The molecule has 1 aliphatic rings. The number of nitrogens with zero attached hydrogens (tertiary/aromatic N) is 2. The normalized spacial score (nSPS) is 18.9. The molecule has 6 heteroatoms. The van der Waals surface area contributed by atoms with Gasteiger partial charge in [-0.2, -0.15) is 13.2 Å². The first kappa shape index (κ1) is 18.3. The Morgan fingerprint density at radius 1 is 1.33 bits per heavy atom. The number of hydrogen-bond donors (Lipinski definition) is 0. The minimum Gasteiger partial charge on any atom is -0.340 e. The Bertz CT molecular complexity index is 604. The Morgan fingerprint density at radius 3 is 2.58 bits per heavy atom. The molecule has 1 amide bonds. The molecule has 1 unspecified atom stereocenters. The van der Waals surface area contributed by atoms with Crippen LogP contribution in [0.25, 0.3) is 0 Å². The van der Waals surface area contributed by atoms with Crippen molar-refractivity contribution in [1.82, 2.24) is 9.80 Å². The smallest absolute Gasteiger partial charge is 0.340 e. The van der Waals surface area contributed by atoms with Crippen LogP contribution in [0.2, 0.25) is 0 Å². The molecular formula is C18H21F3N2O. The monoisotopic (exact) mass is 338 g/mol. The SMILES string of the molecule is C#CCN1CCCCC1C(=O)N(C)Cc1ccc(C(F)(F)F)cc1. The fraction of sp³-hybridized carbons (Fsp3) is 0.500. The summed E-state index contributed by atoms with van der Waals surface area (Å²) in [4.78, 5) is 16.2. The Hall–Kier alpha value is -2.00. The maximum Gasteiger partial charge on any atom is 0.416 e. The van der Waals surface area contributed by atoms with Crippen LogP contribution in [0.15, 0.2) is 24.3 Å². The Labute approximate surface area is 140 Å². The highest BCUT2D eigenvalue weighted by Gasteiger charge is 2.31. The second-order valence-corrected chi connectivity index (χ2v) is 6.08. The second-order valence-electron chi connectivity index (χ2n) is 6.08. The zero-order valence-electron chi connectivity index (χ0n) is 13.6. The number of hydrogen-bond acceptors (Lipinski definition) is 2. The summed E-state index contributed by atoms with van der Waals surface area (Å²) in [5.41, 5.74) is -0.0223. The molecule has 1 aromatic carbocycles. The van der Waals surface area contributed by atoms with Gasteiger partial charge in [-0.15, -0.1) is 6.42 Å². The first-order chi connectivity index (χ1) is 11.3. The molecule has 1 aliphatic heterocycles. The third kappa shape index (κ3) is 4.51. The number of halogens is 3. The predicted octanol–water partition coefficient (Wildman–Crippen LogP) is 3.15. The summed E-state index contributed by atoms with van der Waals surface area (Å²) in [6, 6.07) is 4.66. The Morgan fingerprint density at radius 2 is 2.00 bits per heavy atom. The summed E-state index contributed by atoms with van der Waals surface area (Å²) in [7, 11) is 1.67. The first-order valence-corrected chi connectivity index (χ1v) is 7.91. The van der Waals surface area contributed by atoms with Crippen molar-refractivity contribution in [3.8, 4) is 12.3 Å². The lowest BCUT2D eigenvalue weighted by Crippen LogP contribution is -2.49. The van der Waals surface area contributed by atoms with Crippen LogP contribution >= 0.6 is 0 Å². The lowest BCUT2D eigenvalue weighted by molar-refractivity contribution is -0.138. The molecule has 24 heavy (non-hydrogen) atoms. The third-order valence-electron chi connectivity index (χ3n) is 4.27. The van der Waals surface area contributed by atoms with E-state index in [0.29, 0.717) is 12.1 Å². The van der Waals surface area contributed by atoms with E-state index in [9.17, 15) is 18.0 Å². The fourth-order valence-corrected chi connectivity index (χ4v) is 2.98. The molecule has 1 heterocycles. The van der Waals surface area contributed by atoms with Crippen molar-refractivity contribution >= 4 is 5.91 Å². The highest BCUT2D eigenvalue weighted by Crippen LogP contribution is 2.29. The number of alkyl halides is 3. The number of piperidine rings is 1. The second kappa shape index (κ2) is 7.71. The molecule has 1 fully saturated rings. The molecule has 1 aromatic rings. The van der Waals surface area contributed by atoms with E-state index >= 15 is 0 Å². The van der Waals surface area contributed by atoms with Gasteiger partial charge < -0.3 is 4.90 Å². The fourth-order valence-electron chi connectivity index (χ4n) is 2.98. The van der Waals surface area contributed by atoms with Gasteiger partial charge in [0.25, 0.3) is 0 Å². The number of benzene rings is 1. The van der Waals surface area contributed by atoms with E-state index in [4.69, 9.17) is 6.42 Å². The molecule has 2 rings (SSSR count). The van der Waals surface area contributed by atoms with Gasteiger partial charge in [0.1, 0.15) is 0 Å². The number of terminal acetylenes is 1. The molecule has 1 atom stereocenters. The van der Waals surface area contributed by atoms with E-state index in [0.717, 1.165) is 37.9 Å². The number of carbonyl (C=O) groups excluding carboxylic acids is 1. The highest BCUT2D eigenvalue weighted by atomic mass is 19.4. The van der Waals surface area contributed by atoms with Gasteiger partial charge in [0.05, 0.1) is 18.2 Å². The molecule has 0 spiro atoms. The van der Waals surface area contributed by atoms with Crippen molar-refractivity contribution in [3.63, 3.8) is 0 Å². The number of rotatable bonds is 4. The van der Waals surface area contributed by atoms with Gasteiger partial charge in [-0.3, -0.25) is 9.69 Å². The van der Waals surface area contributed by atoms with E-state index in [2.05, 4.69) is 5.92 Å². The maximum atomic E-state index is 12.6. The van der Waals surface area contributed by atoms with Gasteiger partial charge in [-0.25, -0.2) is 0 Å². The summed E-state index contributed by atoms with van der Waals surface area (Å²) in [5, 5.41) is 0. The van der Waals surface area contributed by atoms with Gasteiger partial charge >= 0.3 is 6.18 Å². The molecule has 1 saturated heterocycles. The van der Waals surface area contributed by atoms with Crippen LogP contribution in [0.1, 0.15) is 30.4 Å². The lowest BCUT2D eigenvalue weighted by Gasteiger charge is -2.35. The van der Waals surface area contributed by atoms with Crippen molar-refractivity contribution in [1.29, 1.82) is 0 Å². The minimum atomic E-state index is -4.35. The molecule has 0 aromatic heterocycles. The Balaban J connectivity index is 2.01. The average molecular weight is 338 g/mol. The lowest BCUT2D eigenvalue weighted by atomic mass is 10.0. The van der Waals surface area contributed by atoms with Crippen molar-refractivity contribution in [2.75, 3.05) is 20.1 Å². The summed E-state index contributed by atoms with van der Waals surface area (Å²) < 4.78 is 37.7. The molecule has 0 bridgehead atoms. The van der Waals surface area contributed by atoms with Crippen LogP contribution in [0.5, 0.6) is 0 Å². The zero-order valence-corrected chi connectivity index (χ0v) is 13.6. The van der Waals surface area contributed by atoms with Crippen molar-refractivity contribution in [3.05, 3.63) is 35.4 Å². The highest BCUT2D eigenvalue weighted by molar-refractivity contribution is 5.81. The number of likely N-dealkylation sites (N-methyl/N-ethyl adjacent to an activating group) is 1. The van der Waals surface area contributed by atoms with Gasteiger partial charge in [0, 0.05) is 13.6 Å². The van der Waals surface area contributed by atoms with Crippen LogP contribution in [0.4, 0.5) is 13.2 Å². The largest absolute Gasteiger partial charge is 0.416 e. The minimum absolute atomic E-state index is 0.0372. The molecule has 0 aliphatic carbocycles. The summed E-state index contributed by atoms with van der Waals surface area (Å²) >= 11 is 0.